The SMILES string of the molecule is C[C@@H](Oc1cccc(NC(=O)NSC(=O)c2ccc(C(F)(F)F)cc2)c1)c1ccccc1. The number of carbonyl (C=O) groups is 2. The van der Waals surface area contributed by atoms with Crippen LogP contribution in [0, 0.1) is 0 Å². The number of hydrogen-bond acceptors (Lipinski definition) is 4. The van der Waals surface area contributed by atoms with Gasteiger partial charge in [-0.05, 0) is 48.9 Å². The molecule has 3 aromatic carbocycles. The van der Waals surface area contributed by atoms with Crippen LogP contribution in [0.2, 0.25) is 0 Å². The largest absolute Gasteiger partial charge is 0.486 e. The minimum absolute atomic E-state index is 0.0357. The number of benzene rings is 3. The normalized spacial score (nSPS) is 12.0. The summed E-state index contributed by atoms with van der Waals surface area (Å²) in [7, 11) is 0. The van der Waals surface area contributed by atoms with Crippen molar-refractivity contribution in [3.8, 4) is 5.75 Å². The molecule has 0 saturated carbocycles. The molecule has 0 aliphatic rings. The number of amides is 2. The molecule has 2 N–H and O–H groups in total. The first-order valence-corrected chi connectivity index (χ1v) is 10.3. The monoisotopic (exact) mass is 460 g/mol. The van der Waals surface area contributed by atoms with E-state index in [1.54, 1.807) is 24.3 Å². The lowest BCUT2D eigenvalue weighted by atomic mass is 10.1. The number of anilines is 1. The maximum absolute atomic E-state index is 12.6. The number of hydrogen-bond donors (Lipinski definition) is 2. The number of nitrogens with one attached hydrogen (secondary N) is 2. The summed E-state index contributed by atoms with van der Waals surface area (Å²) in [6.45, 7) is 1.91. The Balaban J connectivity index is 1.52. The molecule has 0 aromatic heterocycles. The minimum atomic E-state index is -4.48. The van der Waals surface area contributed by atoms with Crippen molar-refractivity contribution in [1.82, 2.24) is 4.72 Å². The van der Waals surface area contributed by atoms with Gasteiger partial charge in [0.2, 0.25) is 5.12 Å². The minimum Gasteiger partial charge on any atom is -0.486 e. The van der Waals surface area contributed by atoms with Crippen molar-refractivity contribution in [2.24, 2.45) is 0 Å². The summed E-state index contributed by atoms with van der Waals surface area (Å²) >= 11 is 0.469. The molecule has 3 rings (SSSR count). The van der Waals surface area contributed by atoms with E-state index in [9.17, 15) is 22.8 Å². The molecule has 0 heterocycles. The topological polar surface area (TPSA) is 67.4 Å². The van der Waals surface area contributed by atoms with E-state index in [1.165, 1.54) is 0 Å². The zero-order chi connectivity index (χ0) is 23.1. The van der Waals surface area contributed by atoms with E-state index in [4.69, 9.17) is 4.74 Å². The third kappa shape index (κ3) is 6.52. The highest BCUT2D eigenvalue weighted by molar-refractivity contribution is 8.12. The fraction of sp³-hybridized carbons (Fsp3) is 0.130. The van der Waals surface area contributed by atoms with Crippen molar-refractivity contribution < 1.29 is 27.5 Å². The molecule has 0 fully saturated rings. The van der Waals surface area contributed by atoms with Gasteiger partial charge in [-0.3, -0.25) is 9.52 Å². The van der Waals surface area contributed by atoms with Crippen LogP contribution < -0.4 is 14.8 Å². The van der Waals surface area contributed by atoms with Gasteiger partial charge < -0.3 is 10.1 Å². The number of alkyl halides is 3. The molecule has 166 valence electrons. The molecule has 0 aliphatic heterocycles. The molecular weight excluding hydrogens is 441 g/mol. The molecule has 0 radical (unpaired) electrons. The quantitative estimate of drug-likeness (QED) is 0.429. The van der Waals surface area contributed by atoms with Crippen LogP contribution in [-0.2, 0) is 6.18 Å². The van der Waals surface area contributed by atoms with Crippen molar-refractivity contribution in [2.45, 2.75) is 19.2 Å². The summed E-state index contributed by atoms with van der Waals surface area (Å²) in [5, 5.41) is 1.98. The summed E-state index contributed by atoms with van der Waals surface area (Å²) < 4.78 is 46.0. The predicted molar refractivity (Wildman–Crippen MR) is 117 cm³/mol. The van der Waals surface area contributed by atoms with Gasteiger partial charge in [-0.2, -0.15) is 13.2 Å². The Labute approximate surface area is 187 Å². The molecule has 0 unspecified atom stereocenters. The number of ether oxygens (including phenoxy) is 1. The second-order valence-corrected chi connectivity index (χ2v) is 7.50. The van der Waals surface area contributed by atoms with E-state index in [0.717, 1.165) is 29.8 Å². The van der Waals surface area contributed by atoms with Crippen molar-refractivity contribution in [3.63, 3.8) is 0 Å². The average Bonchev–Trinajstić information content (AvgIpc) is 2.78. The van der Waals surface area contributed by atoms with Crippen LogP contribution in [0.4, 0.5) is 23.7 Å². The van der Waals surface area contributed by atoms with Gasteiger partial charge in [0.1, 0.15) is 11.9 Å². The first-order valence-electron chi connectivity index (χ1n) is 9.49. The Morgan fingerprint density at radius 3 is 2.28 bits per heavy atom. The Hall–Kier alpha value is -3.46. The fourth-order valence-electron chi connectivity index (χ4n) is 2.75. The van der Waals surface area contributed by atoms with E-state index in [2.05, 4.69) is 10.0 Å². The Morgan fingerprint density at radius 2 is 1.62 bits per heavy atom. The molecule has 0 spiro atoms. The molecule has 2 amide bonds. The van der Waals surface area contributed by atoms with E-state index in [-0.39, 0.29) is 11.7 Å². The molecule has 9 heteroatoms. The van der Waals surface area contributed by atoms with Gasteiger partial charge >= 0.3 is 12.2 Å². The lowest BCUT2D eigenvalue weighted by molar-refractivity contribution is -0.137. The van der Waals surface area contributed by atoms with Gasteiger partial charge in [-0.15, -0.1) is 0 Å². The summed E-state index contributed by atoms with van der Waals surface area (Å²) in [5.41, 5.74) is 0.631. The van der Waals surface area contributed by atoms with Crippen LogP contribution in [0.25, 0.3) is 0 Å². The number of halogens is 3. The Morgan fingerprint density at radius 1 is 0.938 bits per heavy atom. The highest BCUT2D eigenvalue weighted by Crippen LogP contribution is 2.29. The van der Waals surface area contributed by atoms with E-state index < -0.39 is 22.9 Å². The summed E-state index contributed by atoms with van der Waals surface area (Å²) in [5.74, 6) is 0.549. The average molecular weight is 460 g/mol. The zero-order valence-electron chi connectivity index (χ0n) is 16.8. The third-order valence-electron chi connectivity index (χ3n) is 4.36. The number of carbonyl (C=O) groups excluding carboxylic acids is 2. The molecule has 1 atom stereocenters. The third-order valence-corrected chi connectivity index (χ3v) is 5.07. The van der Waals surface area contributed by atoms with E-state index >= 15 is 0 Å². The zero-order valence-corrected chi connectivity index (χ0v) is 17.7. The lowest BCUT2D eigenvalue weighted by Gasteiger charge is -2.16. The smallest absolute Gasteiger partial charge is 0.416 e. The van der Waals surface area contributed by atoms with Gasteiger partial charge in [0, 0.05) is 29.3 Å². The maximum Gasteiger partial charge on any atom is 0.416 e. The second-order valence-electron chi connectivity index (χ2n) is 6.72. The van der Waals surface area contributed by atoms with Crippen LogP contribution in [-0.4, -0.2) is 11.1 Å². The van der Waals surface area contributed by atoms with E-state index in [1.807, 2.05) is 37.3 Å². The molecule has 0 saturated heterocycles. The van der Waals surface area contributed by atoms with Gasteiger partial charge in [-0.1, -0.05) is 36.4 Å². The fourth-order valence-corrected chi connectivity index (χ4v) is 3.24. The summed E-state index contributed by atoms with van der Waals surface area (Å²) in [6.07, 6.45) is -4.68. The van der Waals surface area contributed by atoms with Gasteiger partial charge in [0.25, 0.3) is 0 Å². The Kier molecular flexibility index (Phi) is 7.42. The summed E-state index contributed by atoms with van der Waals surface area (Å²) in [4.78, 5) is 24.2. The first-order chi connectivity index (χ1) is 15.2. The second kappa shape index (κ2) is 10.2. The molecular formula is C23H19F3N2O3S. The first kappa shape index (κ1) is 23.2. The maximum atomic E-state index is 12.6. The number of urea groups is 1. The lowest BCUT2D eigenvalue weighted by Crippen LogP contribution is -2.24. The molecule has 3 aromatic rings. The highest BCUT2D eigenvalue weighted by atomic mass is 32.2. The van der Waals surface area contributed by atoms with Crippen LogP contribution in [0.5, 0.6) is 5.75 Å². The summed E-state index contributed by atoms with van der Waals surface area (Å²) in [6, 6.07) is 19.5. The van der Waals surface area contributed by atoms with Crippen molar-refractivity contribution >= 4 is 28.8 Å². The van der Waals surface area contributed by atoms with Crippen LogP contribution >= 0.6 is 11.9 Å². The van der Waals surface area contributed by atoms with Crippen molar-refractivity contribution in [3.05, 3.63) is 95.6 Å². The van der Waals surface area contributed by atoms with E-state index in [0.29, 0.717) is 23.4 Å². The van der Waals surface area contributed by atoms with Crippen molar-refractivity contribution in [2.75, 3.05) is 5.32 Å². The molecule has 0 bridgehead atoms. The standard InChI is InChI=1S/C23H19F3N2O3S/c1-15(16-6-3-2-4-7-16)31-20-9-5-8-19(14-20)27-22(30)28-32-21(29)17-10-12-18(13-11-17)23(24,25)26/h2-15H,1H3,(H2,27,28,30)/t15-/m1/s1. The van der Waals surface area contributed by atoms with Gasteiger partial charge in [-0.25, -0.2) is 4.79 Å². The molecule has 0 aliphatic carbocycles. The highest BCUT2D eigenvalue weighted by Gasteiger charge is 2.30. The van der Waals surface area contributed by atoms with Gasteiger partial charge in [0.05, 0.1) is 5.56 Å². The molecule has 32 heavy (non-hydrogen) atoms. The van der Waals surface area contributed by atoms with Crippen LogP contribution in [0.15, 0.2) is 78.9 Å². The van der Waals surface area contributed by atoms with Crippen LogP contribution in [0.3, 0.4) is 0 Å². The van der Waals surface area contributed by atoms with Crippen LogP contribution in [0.1, 0.15) is 34.5 Å². The predicted octanol–water partition coefficient (Wildman–Crippen LogP) is 6.46. The van der Waals surface area contributed by atoms with Crippen molar-refractivity contribution in [1.29, 1.82) is 0 Å². The van der Waals surface area contributed by atoms with Gasteiger partial charge in [0.15, 0.2) is 0 Å². The molecule has 5 nitrogen and oxygen atoms in total. The number of rotatable bonds is 5. The Bertz CT molecular complexity index is 1070.